The van der Waals surface area contributed by atoms with Crippen molar-refractivity contribution in [1.29, 1.82) is 0 Å². The summed E-state index contributed by atoms with van der Waals surface area (Å²) in [5.74, 6) is -0.0424. The Morgan fingerprint density at radius 1 is 1.39 bits per heavy atom. The highest BCUT2D eigenvalue weighted by molar-refractivity contribution is 5.82. The molecular weight excluding hydrogens is 228 g/mol. The van der Waals surface area contributed by atoms with Crippen molar-refractivity contribution in [2.75, 3.05) is 19.7 Å². The number of ether oxygens (including phenoxy) is 1. The van der Waals surface area contributed by atoms with Gasteiger partial charge in [0.15, 0.2) is 6.10 Å². The van der Waals surface area contributed by atoms with Crippen LogP contribution in [0.15, 0.2) is 24.3 Å². The fraction of sp³-hybridized carbons (Fsp3) is 0.500. The van der Waals surface area contributed by atoms with Crippen molar-refractivity contribution in [3.8, 4) is 0 Å². The van der Waals surface area contributed by atoms with E-state index in [2.05, 4.69) is 11.4 Å². The lowest BCUT2D eigenvalue weighted by molar-refractivity contribution is -0.134. The maximum atomic E-state index is 12.1. The van der Waals surface area contributed by atoms with Gasteiger partial charge in [0, 0.05) is 6.54 Å². The number of hydrogen-bond donors (Lipinski definition) is 2. The molecule has 1 aromatic rings. The van der Waals surface area contributed by atoms with Crippen molar-refractivity contribution in [2.45, 2.75) is 25.4 Å². The van der Waals surface area contributed by atoms with E-state index in [1.165, 1.54) is 5.56 Å². The number of fused-ring (bicyclic) bond motifs is 1. The van der Waals surface area contributed by atoms with Crippen LogP contribution in [0, 0.1) is 0 Å². The average molecular weight is 248 g/mol. The van der Waals surface area contributed by atoms with Crippen molar-refractivity contribution in [2.24, 2.45) is 5.73 Å². The topological polar surface area (TPSA) is 64.3 Å². The molecule has 0 saturated carbocycles. The molecule has 1 aliphatic heterocycles. The molecule has 4 heteroatoms. The molecule has 1 unspecified atom stereocenters. The van der Waals surface area contributed by atoms with Crippen molar-refractivity contribution < 1.29 is 9.53 Å². The minimum atomic E-state index is -0.451. The van der Waals surface area contributed by atoms with Gasteiger partial charge in [0.2, 0.25) is 0 Å². The standard InChI is InChI=1S/C14H20N2O2/c15-8-3-4-9-16-14(17)13-12-6-2-1-5-11(12)7-10-18-13/h1-2,5-6,13H,3-4,7-10,15H2,(H,16,17). The Balaban J connectivity index is 1.95. The van der Waals surface area contributed by atoms with Gasteiger partial charge in [-0.3, -0.25) is 4.79 Å². The third-order valence-corrected chi connectivity index (χ3v) is 3.16. The van der Waals surface area contributed by atoms with Gasteiger partial charge in [-0.05, 0) is 36.9 Å². The summed E-state index contributed by atoms with van der Waals surface area (Å²) in [5.41, 5.74) is 7.63. The highest BCUT2D eigenvalue weighted by atomic mass is 16.5. The average Bonchev–Trinajstić information content (AvgIpc) is 2.43. The summed E-state index contributed by atoms with van der Waals surface area (Å²) in [4.78, 5) is 12.1. The number of nitrogens with two attached hydrogens (primary N) is 1. The predicted molar refractivity (Wildman–Crippen MR) is 70.1 cm³/mol. The summed E-state index contributed by atoms with van der Waals surface area (Å²) in [5, 5.41) is 2.91. The molecule has 0 aliphatic carbocycles. The van der Waals surface area contributed by atoms with E-state index in [4.69, 9.17) is 10.5 Å². The Labute approximate surface area is 108 Å². The highest BCUT2D eigenvalue weighted by Gasteiger charge is 2.26. The van der Waals surface area contributed by atoms with Gasteiger partial charge in [-0.2, -0.15) is 0 Å². The lowest BCUT2D eigenvalue weighted by Crippen LogP contribution is -2.34. The molecule has 0 bridgehead atoms. The van der Waals surface area contributed by atoms with E-state index in [1.807, 2.05) is 18.2 Å². The second-order valence-electron chi connectivity index (χ2n) is 4.49. The van der Waals surface area contributed by atoms with E-state index in [9.17, 15) is 4.79 Å². The van der Waals surface area contributed by atoms with Crippen LogP contribution in [0.5, 0.6) is 0 Å². The molecule has 1 amide bonds. The molecule has 1 aromatic carbocycles. The van der Waals surface area contributed by atoms with Gasteiger partial charge in [-0.15, -0.1) is 0 Å². The Morgan fingerprint density at radius 3 is 3.06 bits per heavy atom. The van der Waals surface area contributed by atoms with Crippen molar-refractivity contribution in [3.05, 3.63) is 35.4 Å². The van der Waals surface area contributed by atoms with E-state index in [1.54, 1.807) is 0 Å². The van der Waals surface area contributed by atoms with Crippen LogP contribution in [0.1, 0.15) is 30.1 Å². The maximum absolute atomic E-state index is 12.1. The molecule has 1 aliphatic rings. The van der Waals surface area contributed by atoms with Crippen LogP contribution >= 0.6 is 0 Å². The molecule has 0 aromatic heterocycles. The first kappa shape index (κ1) is 13.1. The van der Waals surface area contributed by atoms with Gasteiger partial charge < -0.3 is 15.8 Å². The highest BCUT2D eigenvalue weighted by Crippen LogP contribution is 2.26. The SMILES string of the molecule is NCCCCNC(=O)C1OCCc2ccccc21. The van der Waals surface area contributed by atoms with Crippen molar-refractivity contribution in [3.63, 3.8) is 0 Å². The molecule has 2 rings (SSSR count). The largest absolute Gasteiger partial charge is 0.363 e. The number of carbonyl (C=O) groups excluding carboxylic acids is 1. The van der Waals surface area contributed by atoms with Crippen LogP contribution in [0.4, 0.5) is 0 Å². The molecule has 0 spiro atoms. The quantitative estimate of drug-likeness (QED) is 0.768. The molecule has 98 valence electrons. The fourth-order valence-electron chi connectivity index (χ4n) is 2.18. The molecular formula is C14H20N2O2. The summed E-state index contributed by atoms with van der Waals surface area (Å²) in [6.45, 7) is 1.94. The number of hydrogen-bond acceptors (Lipinski definition) is 3. The van der Waals surface area contributed by atoms with Gasteiger partial charge in [0.25, 0.3) is 5.91 Å². The minimum Gasteiger partial charge on any atom is -0.363 e. The molecule has 18 heavy (non-hydrogen) atoms. The van der Waals surface area contributed by atoms with E-state index < -0.39 is 6.10 Å². The van der Waals surface area contributed by atoms with Gasteiger partial charge >= 0.3 is 0 Å². The molecule has 4 nitrogen and oxygen atoms in total. The van der Waals surface area contributed by atoms with Gasteiger partial charge in [0.05, 0.1) is 6.61 Å². The number of unbranched alkanes of at least 4 members (excludes halogenated alkanes) is 1. The Morgan fingerprint density at radius 2 is 2.22 bits per heavy atom. The van der Waals surface area contributed by atoms with Crippen molar-refractivity contribution in [1.82, 2.24) is 5.32 Å². The van der Waals surface area contributed by atoms with Crippen molar-refractivity contribution >= 4 is 5.91 Å². The normalized spacial score (nSPS) is 18.2. The summed E-state index contributed by atoms with van der Waals surface area (Å²) >= 11 is 0. The molecule has 1 heterocycles. The lowest BCUT2D eigenvalue weighted by atomic mass is 9.97. The number of carbonyl (C=O) groups is 1. The zero-order valence-electron chi connectivity index (χ0n) is 10.5. The summed E-state index contributed by atoms with van der Waals surface area (Å²) in [6.07, 6.45) is 2.28. The van der Waals surface area contributed by atoms with Crippen LogP contribution in [0.25, 0.3) is 0 Å². The van der Waals surface area contributed by atoms with E-state index in [0.29, 0.717) is 19.7 Å². The number of amides is 1. The molecule has 0 fully saturated rings. The van der Waals surface area contributed by atoms with Crippen LogP contribution < -0.4 is 11.1 Å². The first-order valence-corrected chi connectivity index (χ1v) is 6.50. The smallest absolute Gasteiger partial charge is 0.253 e. The minimum absolute atomic E-state index is 0.0424. The number of benzene rings is 1. The summed E-state index contributed by atoms with van der Waals surface area (Å²) < 4.78 is 5.59. The van der Waals surface area contributed by atoms with Crippen LogP contribution in [-0.2, 0) is 16.0 Å². The number of nitrogens with one attached hydrogen (secondary N) is 1. The summed E-state index contributed by atoms with van der Waals surface area (Å²) in [7, 11) is 0. The van der Waals surface area contributed by atoms with E-state index >= 15 is 0 Å². The first-order chi connectivity index (χ1) is 8.83. The third kappa shape index (κ3) is 3.09. The maximum Gasteiger partial charge on any atom is 0.253 e. The Kier molecular flexibility index (Phi) is 4.73. The lowest BCUT2D eigenvalue weighted by Gasteiger charge is -2.25. The second-order valence-corrected chi connectivity index (χ2v) is 4.49. The summed E-state index contributed by atoms with van der Waals surface area (Å²) in [6, 6.07) is 7.98. The third-order valence-electron chi connectivity index (χ3n) is 3.16. The molecule has 1 atom stereocenters. The fourth-order valence-corrected chi connectivity index (χ4v) is 2.18. The van der Waals surface area contributed by atoms with Crippen LogP contribution in [0.3, 0.4) is 0 Å². The zero-order valence-corrected chi connectivity index (χ0v) is 10.5. The van der Waals surface area contributed by atoms with Gasteiger partial charge in [0.1, 0.15) is 0 Å². The molecule has 0 radical (unpaired) electrons. The Hall–Kier alpha value is -1.39. The van der Waals surface area contributed by atoms with Crippen LogP contribution in [0.2, 0.25) is 0 Å². The monoisotopic (exact) mass is 248 g/mol. The zero-order chi connectivity index (χ0) is 12.8. The predicted octanol–water partition coefficient (Wildman–Crippen LogP) is 1.16. The number of rotatable bonds is 5. The Bertz CT molecular complexity index is 407. The molecule has 0 saturated heterocycles. The van der Waals surface area contributed by atoms with Crippen LogP contribution in [-0.4, -0.2) is 25.6 Å². The van der Waals surface area contributed by atoms with E-state index in [0.717, 1.165) is 24.8 Å². The van der Waals surface area contributed by atoms with Gasteiger partial charge in [-0.1, -0.05) is 24.3 Å². The molecule has 3 N–H and O–H groups in total. The second kappa shape index (κ2) is 6.52. The van der Waals surface area contributed by atoms with E-state index in [-0.39, 0.29) is 5.91 Å². The van der Waals surface area contributed by atoms with Gasteiger partial charge in [-0.25, -0.2) is 0 Å². The first-order valence-electron chi connectivity index (χ1n) is 6.50.